The Morgan fingerprint density at radius 3 is 2.62 bits per heavy atom. The molecule has 1 aliphatic heterocycles. The van der Waals surface area contributed by atoms with Crippen LogP contribution in [0.4, 0.5) is 8.78 Å². The van der Waals surface area contributed by atoms with Crippen molar-refractivity contribution in [3.8, 4) is 0 Å². The zero-order chi connectivity index (χ0) is 12.0. The van der Waals surface area contributed by atoms with Crippen LogP contribution in [0.3, 0.4) is 0 Å². The molecule has 0 N–H and O–H groups in total. The predicted octanol–water partition coefficient (Wildman–Crippen LogP) is 2.81. The van der Waals surface area contributed by atoms with Crippen molar-refractivity contribution in [3.63, 3.8) is 0 Å². The number of ketones is 1. The van der Waals surface area contributed by atoms with Crippen molar-refractivity contribution in [2.45, 2.75) is 51.1 Å². The van der Waals surface area contributed by atoms with Gasteiger partial charge >= 0.3 is 0 Å². The molecular formula is C12H18F2O2. The number of halogens is 2. The highest BCUT2D eigenvalue weighted by Crippen LogP contribution is 2.42. The van der Waals surface area contributed by atoms with Crippen LogP contribution in [0.2, 0.25) is 0 Å². The van der Waals surface area contributed by atoms with Gasteiger partial charge in [0.05, 0.1) is 6.61 Å². The lowest BCUT2D eigenvalue weighted by Gasteiger charge is -2.17. The Morgan fingerprint density at radius 2 is 2.19 bits per heavy atom. The first-order valence-corrected chi connectivity index (χ1v) is 5.88. The minimum absolute atomic E-state index is 0.00343. The average Bonchev–Trinajstić information content (AvgIpc) is 2.84. The number of alkyl halides is 2. The Labute approximate surface area is 94.3 Å². The van der Waals surface area contributed by atoms with E-state index in [1.807, 2.05) is 6.92 Å². The van der Waals surface area contributed by atoms with E-state index >= 15 is 0 Å². The largest absolute Gasteiger partial charge is 0.362 e. The molecule has 0 aromatic carbocycles. The summed E-state index contributed by atoms with van der Waals surface area (Å²) in [6, 6.07) is 0. The van der Waals surface area contributed by atoms with Crippen LogP contribution in [0.25, 0.3) is 0 Å². The molecule has 0 radical (unpaired) electrons. The Kier molecular flexibility index (Phi) is 2.81. The van der Waals surface area contributed by atoms with Gasteiger partial charge in [0.2, 0.25) is 5.92 Å². The van der Waals surface area contributed by atoms with Gasteiger partial charge in [0.1, 0.15) is 5.60 Å². The number of ether oxygens (including phenoxy) is 1. The van der Waals surface area contributed by atoms with Crippen LogP contribution in [0.15, 0.2) is 0 Å². The zero-order valence-corrected chi connectivity index (χ0v) is 9.76. The second kappa shape index (κ2) is 3.76. The number of carbonyl (C=O) groups is 1. The Hall–Kier alpha value is -0.510. The zero-order valence-electron chi connectivity index (χ0n) is 9.76. The molecule has 0 spiro atoms. The molecule has 0 bridgehead atoms. The van der Waals surface area contributed by atoms with Crippen LogP contribution in [0.1, 0.15) is 39.5 Å². The lowest BCUT2D eigenvalue weighted by molar-refractivity contribution is -0.127. The van der Waals surface area contributed by atoms with Crippen LogP contribution in [-0.4, -0.2) is 23.9 Å². The molecule has 3 atom stereocenters. The van der Waals surface area contributed by atoms with Crippen molar-refractivity contribution >= 4 is 5.78 Å². The van der Waals surface area contributed by atoms with E-state index in [1.54, 1.807) is 6.92 Å². The number of Topliss-reactive ketones (excluding diaryl/α,β-unsaturated/α-hetero) is 1. The molecule has 1 aliphatic carbocycles. The van der Waals surface area contributed by atoms with E-state index in [1.165, 1.54) is 0 Å². The number of epoxide rings is 1. The summed E-state index contributed by atoms with van der Waals surface area (Å²) in [5.41, 5.74) is -0.611. The van der Waals surface area contributed by atoms with E-state index in [0.717, 1.165) is 0 Å². The highest BCUT2D eigenvalue weighted by Gasteiger charge is 2.49. The van der Waals surface area contributed by atoms with E-state index in [4.69, 9.17) is 4.74 Å². The van der Waals surface area contributed by atoms with Crippen LogP contribution in [0, 0.1) is 11.8 Å². The molecule has 0 aromatic heterocycles. The second-order valence-corrected chi connectivity index (χ2v) is 5.49. The highest BCUT2D eigenvalue weighted by atomic mass is 19.3. The molecule has 0 aromatic rings. The maximum Gasteiger partial charge on any atom is 0.248 e. The monoisotopic (exact) mass is 232 g/mol. The fourth-order valence-electron chi connectivity index (χ4n) is 2.62. The van der Waals surface area contributed by atoms with Crippen molar-refractivity contribution < 1.29 is 18.3 Å². The van der Waals surface area contributed by atoms with Crippen molar-refractivity contribution in [2.75, 3.05) is 6.61 Å². The quantitative estimate of drug-likeness (QED) is 0.697. The van der Waals surface area contributed by atoms with Crippen LogP contribution < -0.4 is 0 Å². The summed E-state index contributed by atoms with van der Waals surface area (Å²) in [6.45, 7) is 4.08. The third-order valence-corrected chi connectivity index (χ3v) is 3.74. The van der Waals surface area contributed by atoms with Gasteiger partial charge in [-0.3, -0.25) is 4.79 Å². The normalized spacial score (nSPS) is 38.4. The first-order valence-electron chi connectivity index (χ1n) is 5.88. The first-order chi connectivity index (χ1) is 7.32. The molecule has 2 rings (SSSR count). The summed E-state index contributed by atoms with van der Waals surface area (Å²) in [4.78, 5) is 11.9. The SMILES string of the molecule is C[C@@H](C[C@H]1CCC(F)(F)C1)C(=O)[C@@]1(C)CO1. The Balaban J connectivity index is 1.84. The lowest BCUT2D eigenvalue weighted by Crippen LogP contribution is -2.28. The molecule has 0 unspecified atom stereocenters. The van der Waals surface area contributed by atoms with E-state index in [0.29, 0.717) is 19.4 Å². The molecule has 1 saturated carbocycles. The number of hydrogen-bond donors (Lipinski definition) is 0. The van der Waals surface area contributed by atoms with E-state index in [-0.39, 0.29) is 30.5 Å². The number of hydrogen-bond acceptors (Lipinski definition) is 2. The van der Waals surface area contributed by atoms with Crippen molar-refractivity contribution in [1.82, 2.24) is 0 Å². The van der Waals surface area contributed by atoms with Gasteiger partial charge in [-0.15, -0.1) is 0 Å². The van der Waals surface area contributed by atoms with Gasteiger partial charge in [-0.25, -0.2) is 8.78 Å². The maximum atomic E-state index is 13.0. The Bertz CT molecular complexity index is 297. The predicted molar refractivity (Wildman–Crippen MR) is 55.4 cm³/mol. The maximum absolute atomic E-state index is 13.0. The summed E-state index contributed by atoms with van der Waals surface area (Å²) in [5, 5.41) is 0. The van der Waals surface area contributed by atoms with Gasteiger partial charge in [-0.2, -0.15) is 0 Å². The molecule has 16 heavy (non-hydrogen) atoms. The minimum Gasteiger partial charge on any atom is -0.362 e. The van der Waals surface area contributed by atoms with Gasteiger partial charge in [0.15, 0.2) is 5.78 Å². The smallest absolute Gasteiger partial charge is 0.248 e. The minimum atomic E-state index is -2.51. The van der Waals surface area contributed by atoms with E-state index < -0.39 is 11.5 Å². The molecule has 0 amide bonds. The fourth-order valence-corrected chi connectivity index (χ4v) is 2.62. The number of carbonyl (C=O) groups excluding carboxylic acids is 1. The molecule has 1 heterocycles. The van der Waals surface area contributed by atoms with E-state index in [9.17, 15) is 13.6 Å². The van der Waals surface area contributed by atoms with Gasteiger partial charge in [0.25, 0.3) is 0 Å². The molecule has 2 fully saturated rings. The van der Waals surface area contributed by atoms with Crippen molar-refractivity contribution in [1.29, 1.82) is 0 Å². The fraction of sp³-hybridized carbons (Fsp3) is 0.917. The molecule has 2 nitrogen and oxygen atoms in total. The lowest BCUT2D eigenvalue weighted by atomic mass is 9.87. The summed E-state index contributed by atoms with van der Waals surface area (Å²) in [5.74, 6) is -2.60. The van der Waals surface area contributed by atoms with Gasteiger partial charge < -0.3 is 4.74 Å². The standard InChI is InChI=1S/C12H18F2O2/c1-8(10(15)11(2)7-16-11)5-9-3-4-12(13,14)6-9/h8-9H,3-7H2,1-2H3/t8-,9+,11+/m0/s1. The van der Waals surface area contributed by atoms with Crippen LogP contribution >= 0.6 is 0 Å². The van der Waals surface area contributed by atoms with E-state index in [2.05, 4.69) is 0 Å². The molecule has 4 heteroatoms. The molecule has 1 saturated heterocycles. The number of rotatable bonds is 4. The molecule has 2 aliphatic rings. The average molecular weight is 232 g/mol. The first kappa shape index (κ1) is 12.0. The van der Waals surface area contributed by atoms with Gasteiger partial charge in [-0.05, 0) is 25.7 Å². The second-order valence-electron chi connectivity index (χ2n) is 5.49. The van der Waals surface area contributed by atoms with Crippen LogP contribution in [0.5, 0.6) is 0 Å². The van der Waals surface area contributed by atoms with Crippen molar-refractivity contribution in [3.05, 3.63) is 0 Å². The van der Waals surface area contributed by atoms with Gasteiger partial charge in [-0.1, -0.05) is 6.92 Å². The summed E-state index contributed by atoms with van der Waals surface area (Å²) in [6.07, 6.45) is 1.05. The third-order valence-electron chi connectivity index (χ3n) is 3.74. The summed E-state index contributed by atoms with van der Waals surface area (Å²) < 4.78 is 31.1. The van der Waals surface area contributed by atoms with Crippen LogP contribution in [-0.2, 0) is 9.53 Å². The third kappa shape index (κ3) is 2.42. The topological polar surface area (TPSA) is 29.6 Å². The summed E-state index contributed by atoms with van der Waals surface area (Å²) in [7, 11) is 0. The Morgan fingerprint density at radius 1 is 1.56 bits per heavy atom. The molecular weight excluding hydrogens is 214 g/mol. The highest BCUT2D eigenvalue weighted by molar-refractivity contribution is 5.91. The van der Waals surface area contributed by atoms with Crippen molar-refractivity contribution in [2.24, 2.45) is 11.8 Å². The van der Waals surface area contributed by atoms with Gasteiger partial charge in [0, 0.05) is 18.8 Å². The summed E-state index contributed by atoms with van der Waals surface area (Å²) >= 11 is 0. The molecule has 92 valence electrons.